The van der Waals surface area contributed by atoms with E-state index < -0.39 is 0 Å². The van der Waals surface area contributed by atoms with Crippen molar-refractivity contribution < 1.29 is 9.53 Å². The number of carbonyl (C=O) groups excluding carboxylic acids is 1. The molecule has 0 spiro atoms. The molecular weight excluding hydrogens is 216 g/mol. The van der Waals surface area contributed by atoms with Gasteiger partial charge in [0.25, 0.3) is 0 Å². The van der Waals surface area contributed by atoms with E-state index in [1.54, 1.807) is 6.92 Å². The van der Waals surface area contributed by atoms with Crippen molar-refractivity contribution in [2.45, 2.75) is 26.3 Å². The number of nitrogens with two attached hydrogens (primary N) is 2. The van der Waals surface area contributed by atoms with Gasteiger partial charge in [-0.15, -0.1) is 0 Å². The molecule has 0 saturated heterocycles. The summed E-state index contributed by atoms with van der Waals surface area (Å²) in [5.41, 5.74) is 12.1. The summed E-state index contributed by atoms with van der Waals surface area (Å²) in [7, 11) is 0. The van der Waals surface area contributed by atoms with E-state index in [-0.39, 0.29) is 24.5 Å². The van der Waals surface area contributed by atoms with Crippen LogP contribution >= 0.6 is 0 Å². The molecule has 2 atom stereocenters. The number of para-hydroxylation sites is 1. The van der Waals surface area contributed by atoms with Gasteiger partial charge < -0.3 is 16.2 Å². The SMILES string of the molecule is CCC(N)c1ccccc1OCC(C)C(N)=O. The first-order chi connectivity index (χ1) is 8.06. The minimum absolute atomic E-state index is 0.0462. The van der Waals surface area contributed by atoms with Crippen LogP contribution in [0.3, 0.4) is 0 Å². The molecule has 0 heterocycles. The number of primary amides is 1. The van der Waals surface area contributed by atoms with Gasteiger partial charge in [0.15, 0.2) is 0 Å². The molecule has 2 unspecified atom stereocenters. The molecule has 0 saturated carbocycles. The van der Waals surface area contributed by atoms with E-state index in [1.165, 1.54) is 0 Å². The maximum absolute atomic E-state index is 10.9. The molecule has 4 nitrogen and oxygen atoms in total. The molecule has 94 valence electrons. The van der Waals surface area contributed by atoms with E-state index in [1.807, 2.05) is 31.2 Å². The lowest BCUT2D eigenvalue weighted by Crippen LogP contribution is -2.26. The maximum atomic E-state index is 10.9. The highest BCUT2D eigenvalue weighted by molar-refractivity contribution is 5.76. The van der Waals surface area contributed by atoms with E-state index >= 15 is 0 Å². The zero-order valence-electron chi connectivity index (χ0n) is 10.3. The summed E-state index contributed by atoms with van der Waals surface area (Å²) in [5.74, 6) is 0.0677. The normalized spacial score (nSPS) is 14.1. The number of rotatable bonds is 6. The van der Waals surface area contributed by atoms with Gasteiger partial charge in [-0.05, 0) is 12.5 Å². The molecule has 0 aliphatic rings. The Bertz CT molecular complexity index is 379. The summed E-state index contributed by atoms with van der Waals surface area (Å²) >= 11 is 0. The van der Waals surface area contributed by atoms with Crippen molar-refractivity contribution in [3.05, 3.63) is 29.8 Å². The number of carbonyl (C=O) groups is 1. The molecule has 4 N–H and O–H groups in total. The van der Waals surface area contributed by atoms with Crippen LogP contribution in [0.2, 0.25) is 0 Å². The zero-order valence-corrected chi connectivity index (χ0v) is 10.3. The second-order valence-electron chi connectivity index (χ2n) is 4.17. The van der Waals surface area contributed by atoms with Crippen LogP contribution in [0.5, 0.6) is 5.75 Å². The van der Waals surface area contributed by atoms with Crippen molar-refractivity contribution in [2.24, 2.45) is 17.4 Å². The molecule has 0 aliphatic carbocycles. The molecule has 0 fully saturated rings. The third-order valence-electron chi connectivity index (χ3n) is 2.73. The Morgan fingerprint density at radius 1 is 1.41 bits per heavy atom. The van der Waals surface area contributed by atoms with E-state index in [0.29, 0.717) is 0 Å². The Hall–Kier alpha value is -1.55. The van der Waals surface area contributed by atoms with Gasteiger partial charge in [-0.3, -0.25) is 4.79 Å². The van der Waals surface area contributed by atoms with Crippen LogP contribution < -0.4 is 16.2 Å². The highest BCUT2D eigenvalue weighted by Gasteiger charge is 2.13. The monoisotopic (exact) mass is 236 g/mol. The molecule has 0 aliphatic heterocycles. The minimum atomic E-state index is -0.359. The molecule has 0 bridgehead atoms. The summed E-state index contributed by atoms with van der Waals surface area (Å²) in [4.78, 5) is 10.9. The quantitative estimate of drug-likeness (QED) is 0.787. The third-order valence-corrected chi connectivity index (χ3v) is 2.73. The lowest BCUT2D eigenvalue weighted by Gasteiger charge is -2.16. The van der Waals surface area contributed by atoms with Crippen molar-refractivity contribution in [1.29, 1.82) is 0 Å². The molecule has 1 aromatic rings. The molecule has 4 heteroatoms. The fourth-order valence-electron chi connectivity index (χ4n) is 1.44. The largest absolute Gasteiger partial charge is 0.492 e. The van der Waals surface area contributed by atoms with Crippen molar-refractivity contribution in [2.75, 3.05) is 6.61 Å². The molecule has 1 aromatic carbocycles. The number of hydrogen-bond acceptors (Lipinski definition) is 3. The second-order valence-corrected chi connectivity index (χ2v) is 4.17. The van der Waals surface area contributed by atoms with Crippen LogP contribution in [-0.2, 0) is 4.79 Å². The van der Waals surface area contributed by atoms with E-state index in [0.717, 1.165) is 17.7 Å². The summed E-state index contributed by atoms with van der Waals surface area (Å²) < 4.78 is 5.60. The van der Waals surface area contributed by atoms with Gasteiger partial charge in [-0.25, -0.2) is 0 Å². The number of benzene rings is 1. The molecule has 17 heavy (non-hydrogen) atoms. The molecule has 1 amide bonds. The third kappa shape index (κ3) is 3.75. The summed E-state index contributed by atoms with van der Waals surface area (Å²) in [6.07, 6.45) is 0.839. The first-order valence-electron chi connectivity index (χ1n) is 5.82. The van der Waals surface area contributed by atoms with E-state index in [9.17, 15) is 4.79 Å². The van der Waals surface area contributed by atoms with Crippen molar-refractivity contribution in [1.82, 2.24) is 0 Å². The van der Waals surface area contributed by atoms with Crippen LogP contribution in [0.25, 0.3) is 0 Å². The first-order valence-corrected chi connectivity index (χ1v) is 5.82. The van der Waals surface area contributed by atoms with Crippen molar-refractivity contribution in [3.63, 3.8) is 0 Å². The Labute approximate surface area is 102 Å². The first kappa shape index (κ1) is 13.5. The van der Waals surface area contributed by atoms with Gasteiger partial charge in [-0.2, -0.15) is 0 Å². The zero-order chi connectivity index (χ0) is 12.8. The molecule has 0 aromatic heterocycles. The van der Waals surface area contributed by atoms with Gasteiger partial charge in [0.05, 0.1) is 12.5 Å². The van der Waals surface area contributed by atoms with Crippen LogP contribution in [-0.4, -0.2) is 12.5 Å². The highest BCUT2D eigenvalue weighted by Crippen LogP contribution is 2.25. The van der Waals surface area contributed by atoms with Crippen LogP contribution in [0, 0.1) is 5.92 Å². The lowest BCUT2D eigenvalue weighted by molar-refractivity contribution is -0.122. The Balaban J connectivity index is 2.73. The van der Waals surface area contributed by atoms with Crippen LogP contribution in [0.15, 0.2) is 24.3 Å². The number of ether oxygens (including phenoxy) is 1. The minimum Gasteiger partial charge on any atom is -0.492 e. The predicted octanol–water partition coefficient (Wildman–Crippen LogP) is 1.60. The molecule has 0 radical (unpaired) electrons. The average molecular weight is 236 g/mol. The fraction of sp³-hybridized carbons (Fsp3) is 0.462. The van der Waals surface area contributed by atoms with Crippen molar-refractivity contribution >= 4 is 5.91 Å². The van der Waals surface area contributed by atoms with Crippen molar-refractivity contribution in [3.8, 4) is 5.75 Å². The lowest BCUT2D eigenvalue weighted by atomic mass is 10.0. The van der Waals surface area contributed by atoms with Crippen LogP contribution in [0.1, 0.15) is 31.9 Å². The predicted molar refractivity (Wildman–Crippen MR) is 67.5 cm³/mol. The van der Waals surface area contributed by atoms with Gasteiger partial charge in [0.1, 0.15) is 5.75 Å². The van der Waals surface area contributed by atoms with Gasteiger partial charge in [0, 0.05) is 11.6 Å². The number of hydrogen-bond donors (Lipinski definition) is 2. The Morgan fingerprint density at radius 2 is 2.06 bits per heavy atom. The summed E-state index contributed by atoms with van der Waals surface area (Å²) in [6, 6.07) is 7.57. The van der Waals surface area contributed by atoms with E-state index in [2.05, 4.69) is 0 Å². The topological polar surface area (TPSA) is 78.3 Å². The smallest absolute Gasteiger partial charge is 0.223 e. The summed E-state index contributed by atoms with van der Waals surface area (Å²) in [5, 5.41) is 0. The fourth-order valence-corrected chi connectivity index (χ4v) is 1.44. The van der Waals surface area contributed by atoms with Gasteiger partial charge >= 0.3 is 0 Å². The number of amides is 1. The molecular formula is C13H20N2O2. The maximum Gasteiger partial charge on any atom is 0.223 e. The second kappa shape index (κ2) is 6.25. The highest BCUT2D eigenvalue weighted by atomic mass is 16.5. The van der Waals surface area contributed by atoms with E-state index in [4.69, 9.17) is 16.2 Å². The van der Waals surface area contributed by atoms with Crippen LogP contribution in [0.4, 0.5) is 0 Å². The summed E-state index contributed by atoms with van der Waals surface area (Å²) in [6.45, 7) is 4.04. The Kier molecular flexibility index (Phi) is 4.97. The average Bonchev–Trinajstić information content (AvgIpc) is 2.35. The van der Waals surface area contributed by atoms with Gasteiger partial charge in [0.2, 0.25) is 5.91 Å². The Morgan fingerprint density at radius 3 is 2.65 bits per heavy atom. The van der Waals surface area contributed by atoms with Gasteiger partial charge in [-0.1, -0.05) is 32.0 Å². The molecule has 1 rings (SSSR count). The standard InChI is InChI=1S/C13H20N2O2/c1-3-11(14)10-6-4-5-7-12(10)17-8-9(2)13(15)16/h4-7,9,11H,3,8,14H2,1-2H3,(H2,15,16).